The normalized spacial score (nSPS) is 30.6. The highest BCUT2D eigenvalue weighted by atomic mass is 35.5. The minimum Gasteiger partial charge on any atom is -0.490 e. The number of benzene rings is 1. The van der Waals surface area contributed by atoms with Gasteiger partial charge in [-0.1, -0.05) is 35.4 Å². The van der Waals surface area contributed by atoms with Crippen LogP contribution < -0.4 is 10.1 Å². The molecule has 2 bridgehead atoms. The van der Waals surface area contributed by atoms with Gasteiger partial charge >= 0.3 is 0 Å². The van der Waals surface area contributed by atoms with Crippen LogP contribution >= 0.6 is 23.2 Å². The van der Waals surface area contributed by atoms with Crippen molar-refractivity contribution in [1.29, 1.82) is 0 Å². The molecule has 1 aromatic rings. The van der Waals surface area contributed by atoms with Crippen LogP contribution in [0.4, 0.5) is 0 Å². The molecule has 0 saturated carbocycles. The molecule has 2 aliphatic heterocycles. The van der Waals surface area contributed by atoms with Gasteiger partial charge in [0.05, 0.1) is 10.0 Å². The predicted octanol–water partition coefficient (Wildman–Crippen LogP) is 3.43. The van der Waals surface area contributed by atoms with Crippen LogP contribution in [0.5, 0.6) is 5.75 Å². The van der Waals surface area contributed by atoms with Crippen molar-refractivity contribution in [3.05, 3.63) is 40.4 Å². The zero-order valence-corrected chi connectivity index (χ0v) is 10.7. The first-order chi connectivity index (χ1) is 8.20. The Morgan fingerprint density at radius 2 is 1.76 bits per heavy atom. The molecule has 3 rings (SSSR count). The number of nitrogens with one attached hydrogen (secondary N) is 1. The maximum atomic E-state index is 5.96. The highest BCUT2D eigenvalue weighted by Crippen LogP contribution is 2.29. The standard InChI is InChI=1S/C13H13Cl2NO/c14-12-4-3-10(7-13(12)15)17-11-5-8-1-2-9(6-11)16-8/h1-4,7-9,11,16H,5-6H2/t8-,9+,11?. The summed E-state index contributed by atoms with van der Waals surface area (Å²) in [6, 6.07) is 6.34. The van der Waals surface area contributed by atoms with Crippen LogP contribution in [-0.2, 0) is 0 Å². The zero-order chi connectivity index (χ0) is 11.8. The SMILES string of the molecule is Clc1ccc(OC2C[C@H]3C=C[C@@H](C2)N3)cc1Cl. The zero-order valence-electron chi connectivity index (χ0n) is 9.20. The molecule has 1 unspecified atom stereocenters. The Balaban J connectivity index is 1.69. The molecule has 0 amide bonds. The molecule has 4 heteroatoms. The Bertz CT molecular complexity index is 447. The summed E-state index contributed by atoms with van der Waals surface area (Å²) in [5, 5.41) is 4.59. The van der Waals surface area contributed by atoms with Gasteiger partial charge in [0.25, 0.3) is 0 Å². The number of hydrogen-bond acceptors (Lipinski definition) is 2. The molecule has 0 spiro atoms. The number of ether oxygens (including phenoxy) is 1. The monoisotopic (exact) mass is 269 g/mol. The van der Waals surface area contributed by atoms with E-state index in [0.29, 0.717) is 22.1 Å². The summed E-state index contributed by atoms with van der Waals surface area (Å²) in [6.45, 7) is 0. The summed E-state index contributed by atoms with van der Waals surface area (Å²) in [4.78, 5) is 0. The second-order valence-corrected chi connectivity index (χ2v) is 5.37. The van der Waals surface area contributed by atoms with Gasteiger partial charge in [0, 0.05) is 31.0 Å². The molecule has 90 valence electrons. The summed E-state index contributed by atoms with van der Waals surface area (Å²) < 4.78 is 5.95. The van der Waals surface area contributed by atoms with Crippen LogP contribution in [0.15, 0.2) is 30.4 Å². The Labute approximate surface area is 111 Å². The summed E-state index contributed by atoms with van der Waals surface area (Å²) in [7, 11) is 0. The van der Waals surface area contributed by atoms with E-state index < -0.39 is 0 Å². The minimum atomic E-state index is 0.249. The summed E-state index contributed by atoms with van der Waals surface area (Å²) in [6.07, 6.45) is 6.71. The number of hydrogen-bond donors (Lipinski definition) is 1. The van der Waals surface area contributed by atoms with E-state index in [1.807, 2.05) is 6.07 Å². The Morgan fingerprint density at radius 1 is 1.06 bits per heavy atom. The fraction of sp³-hybridized carbons (Fsp3) is 0.385. The smallest absolute Gasteiger partial charge is 0.121 e. The molecule has 3 atom stereocenters. The lowest BCUT2D eigenvalue weighted by Gasteiger charge is -2.29. The quantitative estimate of drug-likeness (QED) is 0.831. The minimum absolute atomic E-state index is 0.249. The molecular weight excluding hydrogens is 257 g/mol. The Kier molecular flexibility index (Phi) is 3.03. The molecule has 1 fully saturated rings. The van der Waals surface area contributed by atoms with Gasteiger partial charge in [-0.05, 0) is 12.1 Å². The van der Waals surface area contributed by atoms with E-state index in [-0.39, 0.29) is 6.10 Å². The number of fused-ring (bicyclic) bond motifs is 2. The van der Waals surface area contributed by atoms with Crippen molar-refractivity contribution in [3.8, 4) is 5.75 Å². The molecule has 17 heavy (non-hydrogen) atoms. The lowest BCUT2D eigenvalue weighted by Crippen LogP contribution is -2.43. The predicted molar refractivity (Wildman–Crippen MR) is 70.0 cm³/mol. The van der Waals surface area contributed by atoms with E-state index in [1.54, 1.807) is 12.1 Å². The summed E-state index contributed by atoms with van der Waals surface area (Å²) in [5.74, 6) is 0.797. The molecule has 2 heterocycles. The first-order valence-electron chi connectivity index (χ1n) is 5.77. The van der Waals surface area contributed by atoms with E-state index in [0.717, 1.165) is 18.6 Å². The van der Waals surface area contributed by atoms with Crippen LogP contribution in [0.2, 0.25) is 10.0 Å². The molecule has 1 N–H and O–H groups in total. The highest BCUT2D eigenvalue weighted by molar-refractivity contribution is 6.42. The fourth-order valence-corrected chi connectivity index (χ4v) is 2.74. The fourth-order valence-electron chi connectivity index (χ4n) is 2.45. The van der Waals surface area contributed by atoms with Gasteiger partial charge in [0.15, 0.2) is 0 Å². The third kappa shape index (κ3) is 2.44. The third-order valence-corrected chi connectivity index (χ3v) is 3.97. The second kappa shape index (κ2) is 4.52. The van der Waals surface area contributed by atoms with Crippen molar-refractivity contribution in [1.82, 2.24) is 5.32 Å². The van der Waals surface area contributed by atoms with Gasteiger partial charge in [-0.2, -0.15) is 0 Å². The van der Waals surface area contributed by atoms with Crippen LogP contribution in [0.3, 0.4) is 0 Å². The molecular formula is C13H13Cl2NO. The van der Waals surface area contributed by atoms with Gasteiger partial charge in [-0.3, -0.25) is 0 Å². The number of piperidine rings is 1. The molecule has 2 nitrogen and oxygen atoms in total. The van der Waals surface area contributed by atoms with E-state index >= 15 is 0 Å². The van der Waals surface area contributed by atoms with Crippen molar-refractivity contribution in [2.45, 2.75) is 31.0 Å². The molecule has 0 radical (unpaired) electrons. The molecule has 1 aromatic carbocycles. The number of rotatable bonds is 2. The maximum Gasteiger partial charge on any atom is 0.121 e. The summed E-state index contributed by atoms with van der Waals surface area (Å²) >= 11 is 11.8. The van der Waals surface area contributed by atoms with E-state index in [1.165, 1.54) is 0 Å². The van der Waals surface area contributed by atoms with Crippen LogP contribution in [0.1, 0.15) is 12.8 Å². The second-order valence-electron chi connectivity index (χ2n) is 4.55. The Morgan fingerprint density at radius 3 is 2.41 bits per heavy atom. The van der Waals surface area contributed by atoms with Crippen LogP contribution in [0, 0.1) is 0 Å². The van der Waals surface area contributed by atoms with Gasteiger partial charge < -0.3 is 10.1 Å². The number of halogens is 2. The largest absolute Gasteiger partial charge is 0.490 e. The third-order valence-electron chi connectivity index (χ3n) is 3.23. The molecule has 0 aromatic heterocycles. The van der Waals surface area contributed by atoms with Crippen molar-refractivity contribution >= 4 is 23.2 Å². The van der Waals surface area contributed by atoms with E-state index in [9.17, 15) is 0 Å². The lowest BCUT2D eigenvalue weighted by molar-refractivity contribution is 0.142. The van der Waals surface area contributed by atoms with Gasteiger partial charge in [0.1, 0.15) is 11.9 Å². The van der Waals surface area contributed by atoms with Crippen molar-refractivity contribution in [2.24, 2.45) is 0 Å². The molecule has 2 aliphatic rings. The van der Waals surface area contributed by atoms with Crippen molar-refractivity contribution in [2.75, 3.05) is 0 Å². The van der Waals surface area contributed by atoms with Crippen LogP contribution in [0.25, 0.3) is 0 Å². The Hall–Kier alpha value is -0.700. The highest BCUT2D eigenvalue weighted by Gasteiger charge is 2.30. The van der Waals surface area contributed by atoms with Gasteiger partial charge in [-0.25, -0.2) is 0 Å². The average molecular weight is 270 g/mol. The maximum absolute atomic E-state index is 5.96. The first kappa shape index (κ1) is 11.4. The topological polar surface area (TPSA) is 21.3 Å². The lowest BCUT2D eigenvalue weighted by atomic mass is 10.0. The van der Waals surface area contributed by atoms with Crippen molar-refractivity contribution in [3.63, 3.8) is 0 Å². The molecule has 0 aliphatic carbocycles. The summed E-state index contributed by atoms with van der Waals surface area (Å²) in [5.41, 5.74) is 0. The van der Waals surface area contributed by atoms with Gasteiger partial charge in [-0.15, -0.1) is 0 Å². The van der Waals surface area contributed by atoms with E-state index in [4.69, 9.17) is 27.9 Å². The molecule has 1 saturated heterocycles. The van der Waals surface area contributed by atoms with Gasteiger partial charge in [0.2, 0.25) is 0 Å². The van der Waals surface area contributed by atoms with Crippen LogP contribution in [-0.4, -0.2) is 18.2 Å². The average Bonchev–Trinajstić information content (AvgIpc) is 2.64. The first-order valence-corrected chi connectivity index (χ1v) is 6.52. The van der Waals surface area contributed by atoms with E-state index in [2.05, 4.69) is 17.5 Å². The van der Waals surface area contributed by atoms with Crippen molar-refractivity contribution < 1.29 is 4.74 Å².